The molecular formula is C28H26FNO7. The van der Waals surface area contributed by atoms with Crippen LogP contribution in [0.5, 0.6) is 23.0 Å². The predicted molar refractivity (Wildman–Crippen MR) is 135 cm³/mol. The van der Waals surface area contributed by atoms with Gasteiger partial charge >= 0.3 is 0 Å². The first-order chi connectivity index (χ1) is 17.7. The second-order valence-electron chi connectivity index (χ2n) is 8.31. The van der Waals surface area contributed by atoms with Crippen molar-refractivity contribution in [3.8, 4) is 23.0 Å². The zero-order chi connectivity index (χ0) is 26.9. The van der Waals surface area contributed by atoms with Crippen molar-refractivity contribution < 1.29 is 38.0 Å². The molecule has 1 N–H and O–H groups in total. The molecule has 0 bridgehead atoms. The number of aryl methyl sites for hydroxylation is 1. The second kappa shape index (κ2) is 10.2. The Balaban J connectivity index is 2.06. The van der Waals surface area contributed by atoms with Gasteiger partial charge in [-0.15, -0.1) is 0 Å². The van der Waals surface area contributed by atoms with Gasteiger partial charge in [0.25, 0.3) is 11.7 Å². The summed E-state index contributed by atoms with van der Waals surface area (Å²) < 4.78 is 35.9. The fourth-order valence-electron chi connectivity index (χ4n) is 4.46. The average molecular weight is 508 g/mol. The van der Waals surface area contributed by atoms with Crippen molar-refractivity contribution in [2.75, 3.05) is 33.3 Å². The molecule has 1 unspecified atom stereocenters. The fraction of sp³-hybridized carbons (Fsp3) is 0.214. The lowest BCUT2D eigenvalue weighted by Crippen LogP contribution is -2.29. The van der Waals surface area contributed by atoms with Crippen LogP contribution in [-0.2, 0) is 9.59 Å². The Bertz CT molecular complexity index is 1390. The smallest absolute Gasteiger partial charge is 0.300 e. The van der Waals surface area contributed by atoms with Gasteiger partial charge in [0.05, 0.1) is 45.6 Å². The third kappa shape index (κ3) is 4.44. The lowest BCUT2D eigenvalue weighted by molar-refractivity contribution is -0.132. The molecule has 1 atom stereocenters. The van der Waals surface area contributed by atoms with Crippen LogP contribution in [0.3, 0.4) is 0 Å². The Kier molecular flexibility index (Phi) is 7.06. The number of halogens is 1. The van der Waals surface area contributed by atoms with E-state index in [0.717, 1.165) is 17.7 Å². The highest BCUT2D eigenvalue weighted by Crippen LogP contribution is 2.47. The molecule has 192 valence electrons. The van der Waals surface area contributed by atoms with Crippen LogP contribution in [0, 0.1) is 12.7 Å². The molecule has 8 nitrogen and oxygen atoms in total. The van der Waals surface area contributed by atoms with Crippen LogP contribution < -0.4 is 23.8 Å². The molecule has 4 rings (SSSR count). The number of nitrogens with zero attached hydrogens (tertiary/aromatic N) is 1. The van der Waals surface area contributed by atoms with Crippen molar-refractivity contribution >= 4 is 23.1 Å². The fourth-order valence-corrected chi connectivity index (χ4v) is 4.46. The topological polar surface area (TPSA) is 94.5 Å². The zero-order valence-corrected chi connectivity index (χ0v) is 21.0. The minimum Gasteiger partial charge on any atom is -0.507 e. The van der Waals surface area contributed by atoms with Crippen molar-refractivity contribution in [3.63, 3.8) is 0 Å². The van der Waals surface area contributed by atoms with Gasteiger partial charge in [0.15, 0.2) is 11.5 Å². The minimum atomic E-state index is -1.11. The molecule has 0 aromatic heterocycles. The number of methoxy groups -OCH3 is 4. The molecule has 0 spiro atoms. The number of hydrogen-bond acceptors (Lipinski definition) is 7. The number of ether oxygens (including phenoxy) is 4. The van der Waals surface area contributed by atoms with Gasteiger partial charge in [0.2, 0.25) is 5.75 Å². The molecule has 0 radical (unpaired) electrons. The summed E-state index contributed by atoms with van der Waals surface area (Å²) >= 11 is 0. The Labute approximate surface area is 213 Å². The Hall–Kier alpha value is -4.53. The summed E-state index contributed by atoms with van der Waals surface area (Å²) in [5.74, 6) is -2.02. The van der Waals surface area contributed by atoms with Crippen molar-refractivity contribution in [2.45, 2.75) is 13.0 Å². The van der Waals surface area contributed by atoms with Crippen molar-refractivity contribution in [1.82, 2.24) is 0 Å². The van der Waals surface area contributed by atoms with Gasteiger partial charge in [-0.1, -0.05) is 12.1 Å². The molecule has 0 saturated carbocycles. The van der Waals surface area contributed by atoms with Gasteiger partial charge in [-0.05, 0) is 60.5 Å². The number of anilines is 1. The Morgan fingerprint density at radius 3 is 2.08 bits per heavy atom. The van der Waals surface area contributed by atoms with E-state index in [4.69, 9.17) is 18.9 Å². The van der Waals surface area contributed by atoms with E-state index < -0.39 is 29.3 Å². The third-order valence-corrected chi connectivity index (χ3v) is 6.14. The van der Waals surface area contributed by atoms with Gasteiger partial charge < -0.3 is 24.1 Å². The minimum absolute atomic E-state index is 0.0674. The lowest BCUT2D eigenvalue weighted by atomic mass is 9.94. The average Bonchev–Trinajstić information content (AvgIpc) is 3.17. The Morgan fingerprint density at radius 2 is 1.51 bits per heavy atom. The van der Waals surface area contributed by atoms with Gasteiger partial charge in [0, 0.05) is 5.69 Å². The first-order valence-electron chi connectivity index (χ1n) is 11.3. The quantitative estimate of drug-likeness (QED) is 0.279. The van der Waals surface area contributed by atoms with Crippen molar-refractivity contribution in [1.29, 1.82) is 0 Å². The highest BCUT2D eigenvalue weighted by Gasteiger charge is 2.47. The number of rotatable bonds is 7. The second-order valence-corrected chi connectivity index (χ2v) is 8.31. The van der Waals surface area contributed by atoms with Crippen LogP contribution >= 0.6 is 0 Å². The first kappa shape index (κ1) is 25.6. The number of benzene rings is 3. The molecule has 1 fully saturated rings. The molecule has 9 heteroatoms. The summed E-state index contributed by atoms with van der Waals surface area (Å²) in [5, 5.41) is 11.4. The van der Waals surface area contributed by atoms with Crippen LogP contribution in [0.2, 0.25) is 0 Å². The molecule has 3 aromatic rings. The van der Waals surface area contributed by atoms with Gasteiger partial charge in [-0.2, -0.15) is 0 Å². The van der Waals surface area contributed by atoms with E-state index in [1.807, 2.05) is 13.0 Å². The van der Waals surface area contributed by atoms with E-state index in [2.05, 4.69) is 0 Å². The summed E-state index contributed by atoms with van der Waals surface area (Å²) in [6, 6.07) is 12.7. The molecule has 1 heterocycles. The maximum atomic E-state index is 14.2. The van der Waals surface area contributed by atoms with E-state index in [-0.39, 0.29) is 28.4 Å². The summed E-state index contributed by atoms with van der Waals surface area (Å²) in [6.45, 7) is 1.85. The van der Waals surface area contributed by atoms with E-state index in [0.29, 0.717) is 17.0 Å². The number of carbonyl (C=O) groups is 2. The van der Waals surface area contributed by atoms with Gasteiger partial charge in [-0.25, -0.2) is 4.39 Å². The molecule has 1 saturated heterocycles. The standard InChI is InChI=1S/C28H26FNO7/c1-15-7-6-8-18(11-15)30-24(16-12-21(35-3)27(37-5)22(13-16)36-4)23(26(32)28(30)33)25(31)19-14-17(29)9-10-20(19)34-2/h6-14,24,31H,1-5H3/b25-23+. The molecule has 37 heavy (non-hydrogen) atoms. The monoisotopic (exact) mass is 507 g/mol. The summed E-state index contributed by atoms with van der Waals surface area (Å²) in [7, 11) is 5.69. The highest BCUT2D eigenvalue weighted by atomic mass is 19.1. The highest BCUT2D eigenvalue weighted by molar-refractivity contribution is 6.51. The normalized spacial score (nSPS) is 16.6. The van der Waals surface area contributed by atoms with Crippen LogP contribution in [-0.4, -0.2) is 45.2 Å². The van der Waals surface area contributed by atoms with Gasteiger partial charge in [-0.3, -0.25) is 14.5 Å². The molecular weight excluding hydrogens is 481 g/mol. The first-order valence-corrected chi connectivity index (χ1v) is 11.3. The maximum Gasteiger partial charge on any atom is 0.300 e. The number of carbonyl (C=O) groups excluding carboxylic acids is 2. The van der Waals surface area contributed by atoms with E-state index >= 15 is 0 Å². The Morgan fingerprint density at radius 1 is 0.865 bits per heavy atom. The number of amides is 1. The molecule has 0 aliphatic carbocycles. The van der Waals surface area contributed by atoms with Crippen LogP contribution in [0.1, 0.15) is 22.7 Å². The van der Waals surface area contributed by atoms with Crippen molar-refractivity contribution in [2.24, 2.45) is 0 Å². The van der Waals surface area contributed by atoms with Crippen LogP contribution in [0.25, 0.3) is 5.76 Å². The predicted octanol–water partition coefficient (Wildman–Crippen LogP) is 4.79. The van der Waals surface area contributed by atoms with Crippen molar-refractivity contribution in [3.05, 3.63) is 82.7 Å². The molecule has 1 amide bonds. The SMILES string of the molecule is COc1ccc(F)cc1/C(O)=C1\C(=O)C(=O)N(c2cccc(C)c2)C1c1cc(OC)c(OC)c(OC)c1. The lowest BCUT2D eigenvalue weighted by Gasteiger charge is -2.27. The molecule has 1 aliphatic heterocycles. The van der Waals surface area contributed by atoms with E-state index in [1.54, 1.807) is 30.3 Å². The molecule has 3 aromatic carbocycles. The van der Waals surface area contributed by atoms with Crippen LogP contribution in [0.4, 0.5) is 10.1 Å². The number of ketones is 1. The number of Topliss-reactive ketones (excluding diaryl/α,β-unsaturated/α-hetero) is 1. The van der Waals surface area contributed by atoms with Crippen LogP contribution in [0.15, 0.2) is 60.2 Å². The number of aliphatic hydroxyl groups is 1. The summed E-state index contributed by atoms with van der Waals surface area (Å²) in [4.78, 5) is 28.2. The number of aliphatic hydroxyl groups excluding tert-OH is 1. The summed E-state index contributed by atoms with van der Waals surface area (Å²) in [5.41, 5.74) is 1.37. The van der Waals surface area contributed by atoms with E-state index in [1.165, 1.54) is 39.4 Å². The number of hydrogen-bond donors (Lipinski definition) is 1. The zero-order valence-electron chi connectivity index (χ0n) is 21.0. The van der Waals surface area contributed by atoms with E-state index in [9.17, 15) is 19.1 Å². The largest absolute Gasteiger partial charge is 0.507 e. The van der Waals surface area contributed by atoms with Gasteiger partial charge in [0.1, 0.15) is 17.3 Å². The molecule has 1 aliphatic rings. The third-order valence-electron chi connectivity index (χ3n) is 6.14. The summed E-state index contributed by atoms with van der Waals surface area (Å²) in [6.07, 6.45) is 0. The maximum absolute atomic E-state index is 14.2.